The first-order valence-corrected chi connectivity index (χ1v) is 14.1. The van der Waals surface area contributed by atoms with E-state index in [1.807, 2.05) is 29.7 Å². The Morgan fingerprint density at radius 2 is 1.89 bits per heavy atom. The lowest BCUT2D eigenvalue weighted by molar-refractivity contribution is -0.118. The van der Waals surface area contributed by atoms with Gasteiger partial charge in [-0.15, -0.1) is 11.8 Å². The van der Waals surface area contributed by atoms with E-state index in [1.165, 1.54) is 17.3 Å². The summed E-state index contributed by atoms with van der Waals surface area (Å²) in [6.45, 7) is 9.33. The van der Waals surface area contributed by atoms with Crippen LogP contribution in [-0.4, -0.2) is 69.7 Å². The molecule has 1 fully saturated rings. The summed E-state index contributed by atoms with van der Waals surface area (Å²) in [7, 11) is 0. The zero-order valence-electron chi connectivity index (χ0n) is 22.0. The van der Waals surface area contributed by atoms with Crippen molar-refractivity contribution in [2.24, 2.45) is 5.73 Å². The van der Waals surface area contributed by atoms with Crippen molar-refractivity contribution in [1.29, 1.82) is 0 Å². The van der Waals surface area contributed by atoms with Gasteiger partial charge >= 0.3 is 0 Å². The summed E-state index contributed by atoms with van der Waals surface area (Å²) in [5.41, 5.74) is 10.6. The monoisotopic (exact) mass is 529 g/mol. The van der Waals surface area contributed by atoms with Crippen molar-refractivity contribution < 1.29 is 9.59 Å². The minimum Gasteiger partial charge on any atom is -0.369 e. The first-order valence-electron chi connectivity index (χ1n) is 13.1. The van der Waals surface area contributed by atoms with E-state index in [9.17, 15) is 9.59 Å². The lowest BCUT2D eigenvalue weighted by Gasteiger charge is -2.35. The summed E-state index contributed by atoms with van der Waals surface area (Å²) < 4.78 is 0. The van der Waals surface area contributed by atoms with E-state index in [0.717, 1.165) is 67.0 Å². The van der Waals surface area contributed by atoms with Gasteiger partial charge in [0.1, 0.15) is 11.0 Å². The molecule has 0 saturated carbocycles. The number of primary amides is 1. The van der Waals surface area contributed by atoms with Crippen LogP contribution in [0.4, 0.5) is 0 Å². The quantitative estimate of drug-likeness (QED) is 0.431. The maximum atomic E-state index is 12.4. The third-order valence-electron chi connectivity index (χ3n) is 7.70. The van der Waals surface area contributed by atoms with Crippen LogP contribution in [0, 0.1) is 0 Å². The summed E-state index contributed by atoms with van der Waals surface area (Å²) in [6, 6.07) is 14.7. The van der Waals surface area contributed by atoms with E-state index >= 15 is 0 Å². The van der Waals surface area contributed by atoms with Crippen LogP contribution >= 0.6 is 11.8 Å². The number of carbonyl (C=O) groups is 2. The number of ketones is 1. The Bertz CT molecular complexity index is 1390. The molecule has 2 aliphatic rings. The number of amides is 1. The van der Waals surface area contributed by atoms with Crippen LogP contribution in [0.3, 0.4) is 0 Å². The first-order chi connectivity index (χ1) is 18.3. The van der Waals surface area contributed by atoms with Crippen molar-refractivity contribution in [3.63, 3.8) is 0 Å². The maximum Gasteiger partial charge on any atom is 0.232 e. The Hall–Kier alpha value is -3.20. The van der Waals surface area contributed by atoms with Gasteiger partial charge in [-0.25, -0.2) is 0 Å². The molecule has 1 saturated heterocycles. The van der Waals surface area contributed by atoms with Crippen LogP contribution in [-0.2, 0) is 21.5 Å². The highest BCUT2D eigenvalue weighted by Crippen LogP contribution is 2.44. The normalized spacial score (nSPS) is 22.5. The van der Waals surface area contributed by atoms with E-state index in [0.29, 0.717) is 6.42 Å². The molecule has 1 amide bonds. The van der Waals surface area contributed by atoms with Gasteiger partial charge in [-0.2, -0.15) is 5.10 Å². The number of carbonyl (C=O) groups excluding carboxylic acids is 2. The lowest BCUT2D eigenvalue weighted by atomic mass is 9.76. The number of H-pyrrole nitrogens is 1. The average Bonchev–Trinajstić information content (AvgIpc) is 3.51. The molecule has 0 radical (unpaired) electrons. The van der Waals surface area contributed by atoms with Crippen LogP contribution in [0.2, 0.25) is 0 Å². The smallest absolute Gasteiger partial charge is 0.232 e. The highest BCUT2D eigenvalue weighted by atomic mass is 32.2. The fraction of sp³-hybridized carbons (Fsp3) is 0.367. The predicted molar refractivity (Wildman–Crippen MR) is 156 cm³/mol. The molecule has 0 bridgehead atoms. The number of rotatable bonds is 9. The van der Waals surface area contributed by atoms with E-state index in [4.69, 9.17) is 5.73 Å². The third kappa shape index (κ3) is 5.62. The molecular weight excluding hydrogens is 494 g/mol. The molecule has 0 aliphatic carbocycles. The third-order valence-corrected chi connectivity index (χ3v) is 8.99. The van der Waals surface area contributed by atoms with Crippen molar-refractivity contribution >= 4 is 46.5 Å². The Morgan fingerprint density at radius 3 is 2.66 bits per heavy atom. The number of hydrogen-bond donors (Lipinski definition) is 2. The van der Waals surface area contributed by atoms with E-state index in [2.05, 4.69) is 63.3 Å². The van der Waals surface area contributed by atoms with E-state index in [1.54, 1.807) is 6.92 Å². The van der Waals surface area contributed by atoms with Crippen LogP contribution in [0.1, 0.15) is 42.7 Å². The number of benzene rings is 2. The predicted octanol–water partition coefficient (Wildman–Crippen LogP) is 4.20. The summed E-state index contributed by atoms with van der Waals surface area (Å²) in [5.74, 6) is -0.0562. The highest BCUT2D eigenvalue weighted by Gasteiger charge is 2.42. The van der Waals surface area contributed by atoms with Gasteiger partial charge in [0.05, 0.1) is 11.2 Å². The number of thioether (sulfide) groups is 1. The Kier molecular flexibility index (Phi) is 7.83. The molecule has 0 spiro atoms. The SMILES string of the molecule is CC(=O)CCN1CCN(Cc2ccc(/C=C/c3n[nH]c4ccccc34)c(C3(C)C=CSC3C(N)=O)c2)CC1. The number of nitrogens with one attached hydrogen (secondary N) is 1. The van der Waals surface area contributed by atoms with Gasteiger partial charge in [-0.1, -0.05) is 55.5 Å². The van der Waals surface area contributed by atoms with Crippen molar-refractivity contribution in [1.82, 2.24) is 20.0 Å². The number of piperazine rings is 1. The number of nitrogens with zero attached hydrogens (tertiary/aromatic N) is 3. The van der Waals surface area contributed by atoms with Gasteiger partial charge in [-0.05, 0) is 41.2 Å². The topological polar surface area (TPSA) is 95.3 Å². The van der Waals surface area contributed by atoms with Crippen molar-refractivity contribution in [3.8, 4) is 0 Å². The second-order valence-corrected chi connectivity index (χ2v) is 11.5. The van der Waals surface area contributed by atoms with Gasteiger partial charge in [0.25, 0.3) is 0 Å². The van der Waals surface area contributed by atoms with Gasteiger partial charge in [0.15, 0.2) is 0 Å². The molecule has 3 heterocycles. The number of aromatic amines is 1. The molecule has 3 aromatic rings. The first kappa shape index (κ1) is 26.4. The summed E-state index contributed by atoms with van der Waals surface area (Å²) in [5, 5.41) is 10.3. The number of para-hydroxylation sites is 1. The summed E-state index contributed by atoms with van der Waals surface area (Å²) in [6.07, 6.45) is 6.86. The molecule has 198 valence electrons. The Balaban J connectivity index is 1.40. The molecule has 3 N–H and O–H groups in total. The van der Waals surface area contributed by atoms with Gasteiger partial charge < -0.3 is 10.6 Å². The Labute approximate surface area is 228 Å². The fourth-order valence-corrected chi connectivity index (χ4v) is 6.56. The van der Waals surface area contributed by atoms with Gasteiger partial charge in [0.2, 0.25) is 5.91 Å². The Morgan fingerprint density at radius 1 is 1.13 bits per heavy atom. The largest absolute Gasteiger partial charge is 0.369 e. The molecule has 2 atom stereocenters. The number of nitrogens with two attached hydrogens (primary N) is 1. The molecule has 2 aromatic carbocycles. The number of allylic oxidation sites excluding steroid dienone is 1. The zero-order chi connectivity index (χ0) is 26.7. The summed E-state index contributed by atoms with van der Waals surface area (Å²) in [4.78, 5) is 28.6. The number of fused-ring (bicyclic) bond motifs is 1. The molecule has 1 aromatic heterocycles. The lowest BCUT2D eigenvalue weighted by Crippen LogP contribution is -2.46. The zero-order valence-corrected chi connectivity index (χ0v) is 22.8. The number of Topliss-reactive ketones (excluding diaryl/α,β-unsaturated/α-hetero) is 1. The maximum absolute atomic E-state index is 12.4. The molecule has 7 nitrogen and oxygen atoms in total. The average molecular weight is 530 g/mol. The molecule has 2 aliphatic heterocycles. The van der Waals surface area contributed by atoms with Crippen LogP contribution in [0.25, 0.3) is 23.1 Å². The van der Waals surface area contributed by atoms with Gasteiger partial charge in [-0.3, -0.25) is 19.6 Å². The minimum absolute atomic E-state index is 0.247. The molecular formula is C30H35N5O2S. The van der Waals surface area contributed by atoms with Crippen LogP contribution < -0.4 is 5.73 Å². The van der Waals surface area contributed by atoms with Gasteiger partial charge in [0, 0.05) is 56.5 Å². The van der Waals surface area contributed by atoms with Crippen molar-refractivity contribution in [3.05, 3.63) is 76.3 Å². The minimum atomic E-state index is -0.509. The second-order valence-electron chi connectivity index (χ2n) is 10.5. The summed E-state index contributed by atoms with van der Waals surface area (Å²) >= 11 is 1.49. The fourth-order valence-electron chi connectivity index (χ4n) is 5.42. The molecule has 38 heavy (non-hydrogen) atoms. The van der Waals surface area contributed by atoms with Crippen LogP contribution in [0.5, 0.6) is 0 Å². The second kappa shape index (κ2) is 11.3. The highest BCUT2D eigenvalue weighted by molar-refractivity contribution is 8.03. The molecule has 5 rings (SSSR count). The van der Waals surface area contributed by atoms with Crippen LogP contribution in [0.15, 0.2) is 53.9 Å². The molecule has 2 unspecified atom stereocenters. The standard InChI is InChI=1S/C30H35N5O2S/c1-21(36)11-13-34-14-16-35(17-15-34)20-22-7-8-23(9-10-27-24-5-3-4-6-26(24)32-33-27)25(19-22)30(2)12-18-38-28(30)29(31)37/h3-10,12,18-19,28H,11,13-17,20H2,1-2H3,(H2,31,37)(H,32,33)/b10-9+. The van der Waals surface area contributed by atoms with E-state index in [-0.39, 0.29) is 16.9 Å². The van der Waals surface area contributed by atoms with Crippen molar-refractivity contribution in [2.75, 3.05) is 32.7 Å². The number of aromatic nitrogens is 2. The number of hydrogen-bond acceptors (Lipinski definition) is 6. The molecule has 8 heteroatoms. The van der Waals surface area contributed by atoms with Crippen molar-refractivity contribution in [2.45, 2.75) is 37.5 Å². The van der Waals surface area contributed by atoms with E-state index < -0.39 is 5.41 Å².